The summed E-state index contributed by atoms with van der Waals surface area (Å²) in [6.07, 6.45) is 1.80. The van der Waals surface area contributed by atoms with Gasteiger partial charge in [-0.1, -0.05) is 18.2 Å². The highest BCUT2D eigenvalue weighted by molar-refractivity contribution is 5.56. The zero-order chi connectivity index (χ0) is 12.9. The van der Waals surface area contributed by atoms with Crippen molar-refractivity contribution in [2.24, 2.45) is 0 Å². The number of nitrogens with one attached hydrogen (secondary N) is 2. The molecule has 0 bridgehead atoms. The Morgan fingerprint density at radius 3 is 2.63 bits per heavy atom. The second-order valence-corrected chi connectivity index (χ2v) is 4.47. The van der Waals surface area contributed by atoms with Gasteiger partial charge in [0, 0.05) is 38.1 Å². The average Bonchev–Trinajstić information content (AvgIpc) is 2.49. The summed E-state index contributed by atoms with van der Waals surface area (Å²) in [6, 6.07) is 11.9. The Morgan fingerprint density at radius 2 is 1.84 bits per heavy atom. The van der Waals surface area contributed by atoms with E-state index in [2.05, 4.69) is 25.5 Å². The van der Waals surface area contributed by atoms with Crippen LogP contribution in [0, 0.1) is 0 Å². The summed E-state index contributed by atoms with van der Waals surface area (Å²) in [7, 11) is 0. The molecule has 1 aliphatic heterocycles. The van der Waals surface area contributed by atoms with Crippen LogP contribution in [0.15, 0.2) is 42.6 Å². The van der Waals surface area contributed by atoms with Crippen molar-refractivity contribution in [3.05, 3.63) is 42.6 Å². The number of aromatic nitrogens is 2. The third-order valence-electron chi connectivity index (χ3n) is 3.09. The molecule has 0 amide bonds. The fourth-order valence-electron chi connectivity index (χ4n) is 2.10. The van der Waals surface area contributed by atoms with Gasteiger partial charge >= 0.3 is 0 Å². The molecular weight excluding hydrogens is 238 g/mol. The Balaban J connectivity index is 1.76. The van der Waals surface area contributed by atoms with E-state index >= 15 is 0 Å². The summed E-state index contributed by atoms with van der Waals surface area (Å²) < 4.78 is 0. The molecule has 2 aromatic rings. The van der Waals surface area contributed by atoms with Gasteiger partial charge in [-0.25, -0.2) is 4.98 Å². The van der Waals surface area contributed by atoms with Crippen molar-refractivity contribution in [3.8, 4) is 0 Å². The lowest BCUT2D eigenvalue weighted by Crippen LogP contribution is -2.44. The molecule has 1 saturated heterocycles. The quantitative estimate of drug-likeness (QED) is 0.873. The van der Waals surface area contributed by atoms with E-state index in [0.29, 0.717) is 0 Å². The van der Waals surface area contributed by atoms with E-state index in [1.807, 2.05) is 36.4 Å². The Morgan fingerprint density at radius 1 is 1.05 bits per heavy atom. The molecule has 0 atom stereocenters. The molecule has 0 radical (unpaired) electrons. The number of hydrogen-bond donors (Lipinski definition) is 2. The normalized spacial score (nSPS) is 15.3. The number of rotatable bonds is 3. The van der Waals surface area contributed by atoms with Crippen LogP contribution >= 0.6 is 0 Å². The second-order valence-electron chi connectivity index (χ2n) is 4.47. The van der Waals surface area contributed by atoms with Crippen molar-refractivity contribution in [1.82, 2.24) is 15.3 Å². The van der Waals surface area contributed by atoms with E-state index < -0.39 is 0 Å². The number of para-hydroxylation sites is 1. The summed E-state index contributed by atoms with van der Waals surface area (Å²) in [6.45, 7) is 3.88. The molecule has 2 N–H and O–H groups in total. The standard InChI is InChI=1S/C14H17N5/c1-2-4-12(5-3-1)17-13-6-7-16-14(18-13)19-10-8-15-9-11-19/h1-7,15H,8-11H2,(H,16,17,18). The van der Waals surface area contributed by atoms with Crippen molar-refractivity contribution in [2.75, 3.05) is 36.4 Å². The van der Waals surface area contributed by atoms with Gasteiger partial charge in [-0.3, -0.25) is 0 Å². The molecule has 0 saturated carbocycles. The molecule has 5 heteroatoms. The van der Waals surface area contributed by atoms with Gasteiger partial charge in [0.1, 0.15) is 5.82 Å². The van der Waals surface area contributed by atoms with Crippen LogP contribution in [0.25, 0.3) is 0 Å². The lowest BCUT2D eigenvalue weighted by Gasteiger charge is -2.27. The molecule has 0 unspecified atom stereocenters. The molecule has 1 aliphatic rings. The predicted octanol–water partition coefficient (Wildman–Crippen LogP) is 1.63. The van der Waals surface area contributed by atoms with E-state index in [1.165, 1.54) is 0 Å². The first-order valence-corrected chi connectivity index (χ1v) is 6.52. The van der Waals surface area contributed by atoms with Gasteiger partial charge in [-0.15, -0.1) is 0 Å². The van der Waals surface area contributed by atoms with Crippen molar-refractivity contribution >= 4 is 17.5 Å². The topological polar surface area (TPSA) is 53.1 Å². The number of piperazine rings is 1. The van der Waals surface area contributed by atoms with Crippen molar-refractivity contribution < 1.29 is 0 Å². The number of hydrogen-bond acceptors (Lipinski definition) is 5. The van der Waals surface area contributed by atoms with Gasteiger partial charge in [0.2, 0.25) is 5.95 Å². The molecule has 19 heavy (non-hydrogen) atoms. The Bertz CT molecular complexity index is 522. The molecule has 3 rings (SSSR count). The van der Waals surface area contributed by atoms with Crippen LogP contribution in [0.5, 0.6) is 0 Å². The van der Waals surface area contributed by atoms with Gasteiger partial charge < -0.3 is 15.5 Å². The van der Waals surface area contributed by atoms with Crippen molar-refractivity contribution in [1.29, 1.82) is 0 Å². The van der Waals surface area contributed by atoms with Crippen LogP contribution in [-0.4, -0.2) is 36.1 Å². The minimum absolute atomic E-state index is 0.794. The van der Waals surface area contributed by atoms with E-state index in [-0.39, 0.29) is 0 Å². The van der Waals surface area contributed by atoms with Gasteiger partial charge in [-0.2, -0.15) is 4.98 Å². The Labute approximate surface area is 112 Å². The summed E-state index contributed by atoms with van der Waals surface area (Å²) >= 11 is 0. The molecular formula is C14H17N5. The van der Waals surface area contributed by atoms with Crippen molar-refractivity contribution in [2.45, 2.75) is 0 Å². The maximum absolute atomic E-state index is 4.57. The first-order valence-electron chi connectivity index (χ1n) is 6.52. The second kappa shape index (κ2) is 5.67. The van der Waals surface area contributed by atoms with E-state index in [0.717, 1.165) is 43.6 Å². The Kier molecular flexibility index (Phi) is 3.56. The third kappa shape index (κ3) is 3.00. The largest absolute Gasteiger partial charge is 0.340 e. The molecule has 1 aromatic heterocycles. The maximum atomic E-state index is 4.57. The lowest BCUT2D eigenvalue weighted by atomic mass is 10.3. The van der Waals surface area contributed by atoms with Crippen LogP contribution in [0.4, 0.5) is 17.5 Å². The highest BCUT2D eigenvalue weighted by Gasteiger charge is 2.13. The fraction of sp³-hybridized carbons (Fsp3) is 0.286. The molecule has 98 valence electrons. The molecule has 1 aromatic carbocycles. The van der Waals surface area contributed by atoms with Gasteiger partial charge in [0.15, 0.2) is 0 Å². The van der Waals surface area contributed by atoms with E-state index in [9.17, 15) is 0 Å². The monoisotopic (exact) mass is 255 g/mol. The number of benzene rings is 1. The molecule has 0 spiro atoms. The molecule has 1 fully saturated rings. The van der Waals surface area contributed by atoms with Crippen LogP contribution in [0.1, 0.15) is 0 Å². The third-order valence-corrected chi connectivity index (χ3v) is 3.09. The van der Waals surface area contributed by atoms with Gasteiger partial charge in [-0.05, 0) is 18.2 Å². The van der Waals surface area contributed by atoms with Crippen LogP contribution in [0.2, 0.25) is 0 Å². The first kappa shape index (κ1) is 11.9. The smallest absolute Gasteiger partial charge is 0.227 e. The zero-order valence-electron chi connectivity index (χ0n) is 10.7. The minimum Gasteiger partial charge on any atom is -0.340 e. The summed E-state index contributed by atoms with van der Waals surface area (Å²) in [4.78, 5) is 11.1. The van der Waals surface area contributed by atoms with E-state index in [1.54, 1.807) is 6.20 Å². The highest BCUT2D eigenvalue weighted by atomic mass is 15.3. The number of anilines is 3. The first-order chi connectivity index (χ1) is 9.42. The summed E-state index contributed by atoms with van der Waals surface area (Å²) in [5.74, 6) is 1.62. The Hall–Kier alpha value is -2.14. The lowest BCUT2D eigenvalue weighted by molar-refractivity contribution is 0.580. The molecule has 0 aliphatic carbocycles. The summed E-state index contributed by atoms with van der Waals surface area (Å²) in [5.41, 5.74) is 1.03. The van der Waals surface area contributed by atoms with Gasteiger partial charge in [0.05, 0.1) is 0 Å². The fourth-order valence-corrected chi connectivity index (χ4v) is 2.10. The number of nitrogens with zero attached hydrogens (tertiary/aromatic N) is 3. The van der Waals surface area contributed by atoms with Crippen LogP contribution < -0.4 is 15.5 Å². The van der Waals surface area contributed by atoms with Crippen LogP contribution in [-0.2, 0) is 0 Å². The zero-order valence-corrected chi connectivity index (χ0v) is 10.7. The predicted molar refractivity (Wildman–Crippen MR) is 76.8 cm³/mol. The minimum atomic E-state index is 0.794. The SMILES string of the molecule is c1ccc(Nc2ccnc(N3CCNCC3)n2)cc1. The van der Waals surface area contributed by atoms with Crippen LogP contribution in [0.3, 0.4) is 0 Å². The maximum Gasteiger partial charge on any atom is 0.227 e. The molecule has 5 nitrogen and oxygen atoms in total. The summed E-state index contributed by atoms with van der Waals surface area (Å²) in [5, 5.41) is 6.62. The average molecular weight is 255 g/mol. The highest BCUT2D eigenvalue weighted by Crippen LogP contribution is 2.16. The van der Waals surface area contributed by atoms with Gasteiger partial charge in [0.25, 0.3) is 0 Å². The van der Waals surface area contributed by atoms with Crippen molar-refractivity contribution in [3.63, 3.8) is 0 Å². The molecule has 2 heterocycles. The van der Waals surface area contributed by atoms with E-state index in [4.69, 9.17) is 0 Å².